The van der Waals surface area contributed by atoms with E-state index in [4.69, 9.17) is 4.74 Å². The molecule has 1 aromatic rings. The fourth-order valence-corrected chi connectivity index (χ4v) is 2.12. The van der Waals surface area contributed by atoms with E-state index in [2.05, 4.69) is 35.1 Å². The lowest BCUT2D eigenvalue weighted by atomic mass is 10.1. The number of rotatable bonds is 7. The first-order chi connectivity index (χ1) is 8.79. The van der Waals surface area contributed by atoms with Crippen molar-refractivity contribution in [3.8, 4) is 5.75 Å². The minimum atomic E-state index is -0.835. The Bertz CT molecular complexity index is 400. The van der Waals surface area contributed by atoms with Gasteiger partial charge in [0.15, 0.2) is 0 Å². The minimum Gasteiger partial charge on any atom is -0.489 e. The number of benzene rings is 1. The van der Waals surface area contributed by atoms with E-state index in [1.54, 1.807) is 13.8 Å². The SMILES string of the molecule is CC(C)CNCc1cccc(Br)c1OCC(C)(C)O. The van der Waals surface area contributed by atoms with Gasteiger partial charge in [0, 0.05) is 12.1 Å². The Kier molecular flexibility index (Phi) is 6.30. The van der Waals surface area contributed by atoms with Gasteiger partial charge in [0.1, 0.15) is 12.4 Å². The maximum Gasteiger partial charge on any atom is 0.138 e. The lowest BCUT2D eigenvalue weighted by Gasteiger charge is -2.20. The van der Waals surface area contributed by atoms with Crippen molar-refractivity contribution in [3.05, 3.63) is 28.2 Å². The van der Waals surface area contributed by atoms with Crippen LogP contribution in [0.4, 0.5) is 0 Å². The van der Waals surface area contributed by atoms with E-state index in [0.29, 0.717) is 5.92 Å². The summed E-state index contributed by atoms with van der Waals surface area (Å²) in [5, 5.41) is 13.2. The first kappa shape index (κ1) is 16.5. The summed E-state index contributed by atoms with van der Waals surface area (Å²) in [6.45, 7) is 9.84. The number of aliphatic hydroxyl groups is 1. The third kappa shape index (κ3) is 6.41. The van der Waals surface area contributed by atoms with E-state index in [1.165, 1.54) is 0 Å². The van der Waals surface area contributed by atoms with Gasteiger partial charge < -0.3 is 15.2 Å². The van der Waals surface area contributed by atoms with Crippen LogP contribution in [0.25, 0.3) is 0 Å². The molecule has 19 heavy (non-hydrogen) atoms. The maximum atomic E-state index is 9.75. The molecule has 2 N–H and O–H groups in total. The standard InChI is InChI=1S/C15H24BrNO2/c1-11(2)8-17-9-12-6-5-7-13(16)14(12)19-10-15(3,4)18/h5-7,11,17-18H,8-10H2,1-4H3. The van der Waals surface area contributed by atoms with Crippen LogP contribution in [-0.4, -0.2) is 23.9 Å². The third-order valence-electron chi connectivity index (χ3n) is 2.49. The molecular weight excluding hydrogens is 306 g/mol. The van der Waals surface area contributed by atoms with Crippen LogP contribution < -0.4 is 10.1 Å². The molecule has 0 aromatic heterocycles. The average molecular weight is 330 g/mol. The largest absolute Gasteiger partial charge is 0.489 e. The van der Waals surface area contributed by atoms with Gasteiger partial charge in [-0.05, 0) is 48.3 Å². The summed E-state index contributed by atoms with van der Waals surface area (Å²) in [7, 11) is 0. The molecule has 0 bridgehead atoms. The summed E-state index contributed by atoms with van der Waals surface area (Å²) in [6, 6.07) is 5.98. The fourth-order valence-electron chi connectivity index (χ4n) is 1.60. The van der Waals surface area contributed by atoms with E-state index in [1.807, 2.05) is 18.2 Å². The van der Waals surface area contributed by atoms with Crippen LogP contribution in [0.5, 0.6) is 5.75 Å². The molecule has 0 amide bonds. The van der Waals surface area contributed by atoms with Crippen LogP contribution in [0.3, 0.4) is 0 Å². The van der Waals surface area contributed by atoms with Crippen molar-refractivity contribution in [1.82, 2.24) is 5.32 Å². The molecule has 0 aliphatic carbocycles. The van der Waals surface area contributed by atoms with Crippen molar-refractivity contribution in [2.45, 2.75) is 39.8 Å². The molecule has 0 spiro atoms. The maximum absolute atomic E-state index is 9.75. The Hall–Kier alpha value is -0.580. The number of nitrogens with one attached hydrogen (secondary N) is 1. The molecule has 1 rings (SSSR count). The molecule has 0 heterocycles. The molecule has 0 saturated heterocycles. The minimum absolute atomic E-state index is 0.271. The highest BCUT2D eigenvalue weighted by Crippen LogP contribution is 2.29. The molecule has 0 aliphatic rings. The van der Waals surface area contributed by atoms with E-state index in [0.717, 1.165) is 28.9 Å². The van der Waals surface area contributed by atoms with Gasteiger partial charge in [0.05, 0.1) is 10.1 Å². The van der Waals surface area contributed by atoms with Gasteiger partial charge in [-0.25, -0.2) is 0 Å². The molecule has 0 unspecified atom stereocenters. The number of ether oxygens (including phenoxy) is 1. The number of hydrogen-bond acceptors (Lipinski definition) is 3. The molecule has 3 nitrogen and oxygen atoms in total. The summed E-state index contributed by atoms with van der Waals surface area (Å²) >= 11 is 3.50. The van der Waals surface area contributed by atoms with Gasteiger partial charge in [-0.2, -0.15) is 0 Å². The van der Waals surface area contributed by atoms with Crippen LogP contribution in [0.15, 0.2) is 22.7 Å². The van der Waals surface area contributed by atoms with Crippen LogP contribution in [-0.2, 0) is 6.54 Å². The van der Waals surface area contributed by atoms with Crippen LogP contribution in [0, 0.1) is 5.92 Å². The van der Waals surface area contributed by atoms with Crippen molar-refractivity contribution >= 4 is 15.9 Å². The lowest BCUT2D eigenvalue weighted by Crippen LogP contribution is -2.28. The Morgan fingerprint density at radius 2 is 2.05 bits per heavy atom. The first-order valence-electron chi connectivity index (χ1n) is 6.63. The van der Waals surface area contributed by atoms with E-state index in [9.17, 15) is 5.11 Å². The van der Waals surface area contributed by atoms with Gasteiger partial charge in [-0.3, -0.25) is 0 Å². The molecule has 0 aliphatic heterocycles. The highest BCUT2D eigenvalue weighted by atomic mass is 79.9. The number of hydrogen-bond donors (Lipinski definition) is 2. The third-order valence-corrected chi connectivity index (χ3v) is 3.11. The van der Waals surface area contributed by atoms with Gasteiger partial charge in [-0.1, -0.05) is 26.0 Å². The van der Waals surface area contributed by atoms with E-state index < -0.39 is 5.60 Å². The Balaban J connectivity index is 2.72. The predicted octanol–water partition coefficient (Wildman–Crippen LogP) is 3.34. The Morgan fingerprint density at radius 3 is 2.63 bits per heavy atom. The molecule has 0 radical (unpaired) electrons. The lowest BCUT2D eigenvalue weighted by molar-refractivity contribution is 0.0278. The molecule has 0 saturated carbocycles. The Labute approximate surface area is 124 Å². The average Bonchev–Trinajstić information content (AvgIpc) is 2.26. The summed E-state index contributed by atoms with van der Waals surface area (Å²) < 4.78 is 6.67. The van der Waals surface area contributed by atoms with Gasteiger partial charge in [-0.15, -0.1) is 0 Å². The summed E-state index contributed by atoms with van der Waals surface area (Å²) in [5.41, 5.74) is 0.261. The van der Waals surface area contributed by atoms with Crippen molar-refractivity contribution in [3.63, 3.8) is 0 Å². The van der Waals surface area contributed by atoms with Gasteiger partial charge in [0.2, 0.25) is 0 Å². The van der Waals surface area contributed by atoms with E-state index >= 15 is 0 Å². The van der Waals surface area contributed by atoms with Gasteiger partial charge >= 0.3 is 0 Å². The van der Waals surface area contributed by atoms with Crippen LogP contribution in [0.1, 0.15) is 33.3 Å². The second-order valence-electron chi connectivity index (χ2n) is 5.85. The zero-order valence-electron chi connectivity index (χ0n) is 12.2. The normalized spacial score (nSPS) is 11.9. The smallest absolute Gasteiger partial charge is 0.138 e. The molecule has 0 atom stereocenters. The molecule has 1 aromatic carbocycles. The Morgan fingerprint density at radius 1 is 1.37 bits per heavy atom. The van der Waals surface area contributed by atoms with Crippen molar-refractivity contribution in [2.24, 2.45) is 5.92 Å². The number of halogens is 1. The summed E-state index contributed by atoms with van der Waals surface area (Å²) in [4.78, 5) is 0. The first-order valence-corrected chi connectivity index (χ1v) is 7.42. The quantitative estimate of drug-likeness (QED) is 0.806. The topological polar surface area (TPSA) is 41.5 Å². The van der Waals surface area contributed by atoms with Crippen molar-refractivity contribution in [1.29, 1.82) is 0 Å². The number of para-hydroxylation sites is 1. The van der Waals surface area contributed by atoms with Crippen molar-refractivity contribution < 1.29 is 9.84 Å². The second kappa shape index (κ2) is 7.27. The van der Waals surface area contributed by atoms with E-state index in [-0.39, 0.29) is 6.61 Å². The molecular formula is C15H24BrNO2. The zero-order valence-corrected chi connectivity index (χ0v) is 13.8. The summed E-state index contributed by atoms with van der Waals surface area (Å²) in [6.07, 6.45) is 0. The zero-order chi connectivity index (χ0) is 14.5. The predicted molar refractivity (Wildman–Crippen MR) is 82.5 cm³/mol. The fraction of sp³-hybridized carbons (Fsp3) is 0.600. The van der Waals surface area contributed by atoms with Gasteiger partial charge in [0.25, 0.3) is 0 Å². The molecule has 108 valence electrons. The van der Waals surface area contributed by atoms with Crippen LogP contribution >= 0.6 is 15.9 Å². The second-order valence-corrected chi connectivity index (χ2v) is 6.71. The van der Waals surface area contributed by atoms with Crippen LogP contribution in [0.2, 0.25) is 0 Å². The molecule has 0 fully saturated rings. The highest BCUT2D eigenvalue weighted by Gasteiger charge is 2.16. The molecule has 4 heteroatoms. The summed E-state index contributed by atoms with van der Waals surface area (Å²) in [5.74, 6) is 1.42. The monoisotopic (exact) mass is 329 g/mol. The highest BCUT2D eigenvalue weighted by molar-refractivity contribution is 9.10. The van der Waals surface area contributed by atoms with Crippen molar-refractivity contribution in [2.75, 3.05) is 13.2 Å².